The summed E-state index contributed by atoms with van der Waals surface area (Å²) in [6.45, 7) is 3.27. The van der Waals surface area contributed by atoms with Crippen LogP contribution in [0.5, 0.6) is 5.75 Å². The molecule has 7 heteroatoms. The molecular weight excluding hydrogens is 389 g/mol. The molecule has 0 aliphatic heterocycles. The van der Waals surface area contributed by atoms with Gasteiger partial charge in [-0.05, 0) is 42.8 Å². The fraction of sp³-hybridized carbons (Fsp3) is 0.182. The summed E-state index contributed by atoms with van der Waals surface area (Å²) >= 11 is 1.40. The van der Waals surface area contributed by atoms with Crippen molar-refractivity contribution in [1.29, 1.82) is 0 Å². The van der Waals surface area contributed by atoms with Gasteiger partial charge >= 0.3 is 0 Å². The van der Waals surface area contributed by atoms with Crippen molar-refractivity contribution < 1.29 is 13.9 Å². The monoisotopic (exact) mass is 409 g/mol. The quantitative estimate of drug-likeness (QED) is 0.460. The number of carbonyl (C=O) groups excluding carboxylic acids is 1. The predicted octanol–water partition coefficient (Wildman–Crippen LogP) is 4.40. The molecule has 5 nitrogen and oxygen atoms in total. The number of nitrogens with zero attached hydrogens (tertiary/aromatic N) is 2. The van der Waals surface area contributed by atoms with Gasteiger partial charge in [0.25, 0.3) is 5.91 Å². The van der Waals surface area contributed by atoms with Crippen LogP contribution in [0.15, 0.2) is 60.7 Å². The average Bonchev–Trinajstić information content (AvgIpc) is 3.29. The summed E-state index contributed by atoms with van der Waals surface area (Å²) in [5.74, 6) is 0.387. The number of hydrogen-bond acceptors (Lipinski definition) is 4. The minimum absolute atomic E-state index is 0.129. The molecule has 0 unspecified atom stereocenters. The van der Waals surface area contributed by atoms with Crippen LogP contribution in [0.3, 0.4) is 0 Å². The van der Waals surface area contributed by atoms with Gasteiger partial charge in [-0.25, -0.2) is 4.39 Å². The largest absolute Gasteiger partial charge is 0.492 e. The summed E-state index contributed by atoms with van der Waals surface area (Å²) in [6, 6.07) is 17.7. The van der Waals surface area contributed by atoms with Crippen LogP contribution in [0.4, 0.5) is 4.39 Å². The third-order valence-electron chi connectivity index (χ3n) is 4.48. The molecule has 2 heterocycles. The number of aryl methyl sites for hydroxylation is 1. The Bertz CT molecular complexity index is 1120. The number of benzene rings is 2. The summed E-state index contributed by atoms with van der Waals surface area (Å²) in [4.78, 5) is 14.1. The minimum Gasteiger partial charge on any atom is -0.492 e. The number of hydrogen-bond donors (Lipinski definition) is 1. The smallest absolute Gasteiger partial charge is 0.261 e. The highest BCUT2D eigenvalue weighted by Crippen LogP contribution is 2.28. The van der Waals surface area contributed by atoms with Gasteiger partial charge in [0.2, 0.25) is 0 Å². The molecule has 0 saturated carbocycles. The van der Waals surface area contributed by atoms with Crippen LogP contribution in [0.25, 0.3) is 10.2 Å². The van der Waals surface area contributed by atoms with Gasteiger partial charge in [0.1, 0.15) is 23.0 Å². The van der Waals surface area contributed by atoms with Crippen molar-refractivity contribution in [3.63, 3.8) is 0 Å². The lowest BCUT2D eigenvalue weighted by molar-refractivity contribution is 0.0951. The first kappa shape index (κ1) is 19.1. The van der Waals surface area contributed by atoms with Crippen LogP contribution in [0.2, 0.25) is 0 Å². The van der Waals surface area contributed by atoms with Gasteiger partial charge in [-0.15, -0.1) is 11.3 Å². The Kier molecular flexibility index (Phi) is 5.57. The van der Waals surface area contributed by atoms with Gasteiger partial charge in [-0.1, -0.05) is 30.3 Å². The summed E-state index contributed by atoms with van der Waals surface area (Å²) in [5.41, 5.74) is 1.82. The number of fused-ring (bicyclic) bond motifs is 1. The fourth-order valence-electron chi connectivity index (χ4n) is 3.03. The van der Waals surface area contributed by atoms with E-state index in [1.54, 1.807) is 12.1 Å². The molecule has 0 atom stereocenters. The zero-order chi connectivity index (χ0) is 20.2. The van der Waals surface area contributed by atoms with Gasteiger partial charge in [0.05, 0.1) is 23.7 Å². The van der Waals surface area contributed by atoms with E-state index in [0.29, 0.717) is 24.6 Å². The van der Waals surface area contributed by atoms with Crippen molar-refractivity contribution in [2.45, 2.75) is 13.5 Å². The average molecular weight is 409 g/mol. The highest BCUT2D eigenvalue weighted by molar-refractivity contribution is 7.20. The Morgan fingerprint density at radius 2 is 1.93 bits per heavy atom. The lowest BCUT2D eigenvalue weighted by Crippen LogP contribution is -2.27. The maximum absolute atomic E-state index is 13.1. The summed E-state index contributed by atoms with van der Waals surface area (Å²) in [7, 11) is 0. The van der Waals surface area contributed by atoms with Crippen LogP contribution < -0.4 is 10.1 Å². The Hall–Kier alpha value is -3.19. The van der Waals surface area contributed by atoms with Crippen LogP contribution in [-0.2, 0) is 6.54 Å². The van der Waals surface area contributed by atoms with E-state index in [9.17, 15) is 9.18 Å². The second-order valence-electron chi connectivity index (χ2n) is 6.62. The van der Waals surface area contributed by atoms with Crippen LogP contribution in [0.1, 0.15) is 20.9 Å². The first-order valence-corrected chi connectivity index (χ1v) is 10.1. The van der Waals surface area contributed by atoms with Gasteiger partial charge < -0.3 is 10.1 Å². The number of ether oxygens (including phenoxy) is 1. The lowest BCUT2D eigenvalue weighted by atomic mass is 10.2. The minimum atomic E-state index is -0.262. The zero-order valence-corrected chi connectivity index (χ0v) is 16.7. The highest BCUT2D eigenvalue weighted by atomic mass is 32.1. The van der Waals surface area contributed by atoms with Gasteiger partial charge in [-0.3, -0.25) is 9.48 Å². The SMILES string of the molecule is Cc1nn(Cc2ccc(F)cc2)c2sc(C(=O)NCCOc3ccccc3)cc12. The second kappa shape index (κ2) is 8.45. The number of thiophene rings is 1. The van der Waals surface area contributed by atoms with E-state index in [1.807, 2.05) is 48.0 Å². The molecule has 0 aliphatic carbocycles. The van der Waals surface area contributed by atoms with Crippen molar-refractivity contribution in [2.24, 2.45) is 0 Å². The van der Waals surface area contributed by atoms with Crippen LogP contribution in [0, 0.1) is 12.7 Å². The van der Waals surface area contributed by atoms with E-state index in [1.165, 1.54) is 23.5 Å². The van der Waals surface area contributed by atoms with E-state index in [2.05, 4.69) is 10.4 Å². The lowest BCUT2D eigenvalue weighted by Gasteiger charge is -2.06. The van der Waals surface area contributed by atoms with Crippen molar-refractivity contribution in [3.8, 4) is 5.75 Å². The molecular formula is C22H20FN3O2S. The topological polar surface area (TPSA) is 56.2 Å². The Balaban J connectivity index is 1.41. The molecule has 4 rings (SSSR count). The number of aromatic nitrogens is 2. The van der Waals surface area contributed by atoms with E-state index in [4.69, 9.17) is 4.74 Å². The third kappa shape index (κ3) is 4.46. The number of carbonyl (C=O) groups is 1. The fourth-order valence-corrected chi connectivity index (χ4v) is 4.11. The molecule has 0 saturated heterocycles. The molecule has 148 valence electrons. The molecule has 0 aliphatic rings. The molecule has 2 aromatic heterocycles. The zero-order valence-electron chi connectivity index (χ0n) is 15.9. The number of rotatable bonds is 7. The first-order chi connectivity index (χ1) is 14.1. The van der Waals surface area contributed by atoms with E-state index < -0.39 is 0 Å². The van der Waals surface area contributed by atoms with Crippen LogP contribution >= 0.6 is 11.3 Å². The molecule has 0 bridgehead atoms. The Morgan fingerprint density at radius 3 is 2.69 bits per heavy atom. The first-order valence-electron chi connectivity index (χ1n) is 9.27. The second-order valence-corrected chi connectivity index (χ2v) is 7.65. The predicted molar refractivity (Wildman–Crippen MR) is 112 cm³/mol. The maximum atomic E-state index is 13.1. The number of nitrogens with one attached hydrogen (secondary N) is 1. The Morgan fingerprint density at radius 1 is 1.17 bits per heavy atom. The van der Waals surface area contributed by atoms with E-state index in [0.717, 1.165) is 27.2 Å². The van der Waals surface area contributed by atoms with E-state index >= 15 is 0 Å². The number of amides is 1. The molecule has 1 N–H and O–H groups in total. The van der Waals surface area contributed by atoms with Crippen LogP contribution in [-0.4, -0.2) is 28.8 Å². The number of para-hydroxylation sites is 1. The van der Waals surface area contributed by atoms with Gasteiger partial charge in [0.15, 0.2) is 0 Å². The highest BCUT2D eigenvalue weighted by Gasteiger charge is 2.16. The van der Waals surface area contributed by atoms with Crippen molar-refractivity contribution in [2.75, 3.05) is 13.2 Å². The van der Waals surface area contributed by atoms with Gasteiger partial charge in [0, 0.05) is 5.39 Å². The standard InChI is InChI=1S/C22H20FN3O2S/c1-15-19-13-20(21(27)24-11-12-28-18-5-3-2-4-6-18)29-22(19)26(25-15)14-16-7-9-17(23)10-8-16/h2-10,13H,11-12,14H2,1H3,(H,24,27). The summed E-state index contributed by atoms with van der Waals surface area (Å²) in [5, 5.41) is 8.41. The molecule has 1 amide bonds. The third-order valence-corrected chi connectivity index (χ3v) is 5.62. The molecule has 0 radical (unpaired) electrons. The summed E-state index contributed by atoms with van der Waals surface area (Å²) in [6.07, 6.45) is 0. The number of halogens is 1. The summed E-state index contributed by atoms with van der Waals surface area (Å²) < 4.78 is 20.6. The molecule has 0 spiro atoms. The van der Waals surface area contributed by atoms with Crippen molar-refractivity contribution in [3.05, 3.63) is 82.6 Å². The molecule has 4 aromatic rings. The van der Waals surface area contributed by atoms with Crippen molar-refractivity contribution >= 4 is 27.5 Å². The molecule has 2 aromatic carbocycles. The van der Waals surface area contributed by atoms with Gasteiger partial charge in [-0.2, -0.15) is 5.10 Å². The maximum Gasteiger partial charge on any atom is 0.261 e. The molecule has 0 fully saturated rings. The Labute approximate surface area is 171 Å². The molecule has 29 heavy (non-hydrogen) atoms. The normalized spacial score (nSPS) is 11.0. The van der Waals surface area contributed by atoms with Crippen molar-refractivity contribution in [1.82, 2.24) is 15.1 Å². The van der Waals surface area contributed by atoms with E-state index in [-0.39, 0.29) is 11.7 Å².